The van der Waals surface area contributed by atoms with Gasteiger partial charge in [-0.05, 0) is 86.3 Å². The molecule has 2 aliphatic heterocycles. The third-order valence-corrected chi connectivity index (χ3v) is 10.4. The Morgan fingerprint density at radius 3 is 1.49 bits per heavy atom. The van der Waals surface area contributed by atoms with Gasteiger partial charge in [0.05, 0.1) is 6.20 Å². The van der Waals surface area contributed by atoms with E-state index in [1.165, 1.54) is 13.8 Å². The van der Waals surface area contributed by atoms with Gasteiger partial charge in [0.25, 0.3) is 11.8 Å². The molecule has 4 aromatic carbocycles. The Morgan fingerprint density at radius 1 is 0.632 bits per heavy atom. The van der Waals surface area contributed by atoms with Crippen LogP contribution in [0.15, 0.2) is 120 Å². The molecule has 2 unspecified atom stereocenters. The van der Waals surface area contributed by atoms with Gasteiger partial charge in [0, 0.05) is 60.8 Å². The van der Waals surface area contributed by atoms with E-state index in [9.17, 15) is 29.4 Å². The highest BCUT2D eigenvalue weighted by Gasteiger charge is 2.40. The molecule has 0 aliphatic carbocycles. The number of anilines is 2. The molecule has 2 aliphatic rings. The van der Waals surface area contributed by atoms with Crippen LogP contribution in [0.4, 0.5) is 21.0 Å². The standard InChI is InChI=1S/C43H45N7O7/c1-42(55,30-9-5-3-6-10-30)38(51)49-23-21-34(26-49)47-40(53)45-32-17-13-28(14-18-32)36-25-44-37(57-36)29-15-19-33(20-16-29)46-41(54)48-35-22-24-50(27-35)39(52)43(2,56)31-11-7-4-8-12-31/h3-20,25,34-35,55-56H,21-24,26-27H2,1-2H3,(H2,45,47,53)(H2,46,48,54)/t34-,35-,42?,43?/m1/s1. The third-order valence-electron chi connectivity index (χ3n) is 10.4. The number of aliphatic hydroxyl groups is 2. The number of carbonyl (C=O) groups excluding carboxylic acids is 4. The normalized spacial score (nSPS) is 18.6. The van der Waals surface area contributed by atoms with Crippen molar-refractivity contribution in [3.63, 3.8) is 0 Å². The van der Waals surface area contributed by atoms with Gasteiger partial charge in [-0.25, -0.2) is 14.6 Å². The predicted octanol–water partition coefficient (Wildman–Crippen LogP) is 5.27. The first-order chi connectivity index (χ1) is 27.4. The summed E-state index contributed by atoms with van der Waals surface area (Å²) in [6.45, 7) is 4.41. The Kier molecular flexibility index (Phi) is 11.1. The van der Waals surface area contributed by atoms with Crippen molar-refractivity contribution in [1.82, 2.24) is 25.4 Å². The molecule has 2 fully saturated rings. The van der Waals surface area contributed by atoms with Crippen molar-refractivity contribution in [3.05, 3.63) is 127 Å². The number of hydrogen-bond donors (Lipinski definition) is 6. The van der Waals surface area contributed by atoms with E-state index in [0.717, 1.165) is 5.56 Å². The highest BCUT2D eigenvalue weighted by molar-refractivity contribution is 5.91. The van der Waals surface area contributed by atoms with Crippen LogP contribution in [-0.2, 0) is 20.8 Å². The summed E-state index contributed by atoms with van der Waals surface area (Å²) in [4.78, 5) is 59.3. The first-order valence-electron chi connectivity index (χ1n) is 18.8. The van der Waals surface area contributed by atoms with Gasteiger partial charge in [-0.3, -0.25) is 9.59 Å². The van der Waals surface area contributed by atoms with Crippen molar-refractivity contribution in [2.24, 2.45) is 0 Å². The number of nitrogens with zero attached hydrogens (tertiary/aromatic N) is 3. The predicted molar refractivity (Wildman–Crippen MR) is 214 cm³/mol. The average Bonchev–Trinajstić information content (AvgIpc) is 4.01. The summed E-state index contributed by atoms with van der Waals surface area (Å²) < 4.78 is 6.03. The quantitative estimate of drug-likeness (QED) is 0.111. The maximum Gasteiger partial charge on any atom is 0.319 e. The molecular formula is C43H45N7O7. The first-order valence-corrected chi connectivity index (χ1v) is 18.8. The lowest BCUT2D eigenvalue weighted by atomic mass is 9.94. The molecule has 6 N–H and O–H groups in total. The lowest BCUT2D eigenvalue weighted by Crippen LogP contribution is -2.46. The molecule has 0 saturated carbocycles. The summed E-state index contributed by atoms with van der Waals surface area (Å²) in [7, 11) is 0. The maximum absolute atomic E-state index is 13.1. The Hall–Kier alpha value is -6.51. The van der Waals surface area contributed by atoms with Gasteiger partial charge in [-0.2, -0.15) is 0 Å². The van der Waals surface area contributed by atoms with Gasteiger partial charge in [-0.1, -0.05) is 60.7 Å². The molecule has 2 saturated heterocycles. The number of oxazole rings is 1. The number of hydrogen-bond acceptors (Lipinski definition) is 8. The van der Waals surface area contributed by atoms with Crippen molar-refractivity contribution < 1.29 is 33.8 Å². The molecule has 0 bridgehead atoms. The van der Waals surface area contributed by atoms with E-state index >= 15 is 0 Å². The number of benzene rings is 4. The molecule has 5 aromatic rings. The van der Waals surface area contributed by atoms with E-state index in [-0.39, 0.29) is 12.1 Å². The van der Waals surface area contributed by atoms with E-state index in [1.54, 1.807) is 113 Å². The molecule has 4 atom stereocenters. The fourth-order valence-corrected chi connectivity index (χ4v) is 7.17. The van der Waals surface area contributed by atoms with Crippen LogP contribution in [0.25, 0.3) is 22.8 Å². The van der Waals surface area contributed by atoms with Crippen LogP contribution in [0.2, 0.25) is 0 Å². The Labute approximate surface area is 329 Å². The van der Waals surface area contributed by atoms with Crippen LogP contribution in [-0.4, -0.2) is 87.1 Å². The third kappa shape index (κ3) is 8.82. The number of carbonyl (C=O) groups is 4. The summed E-state index contributed by atoms with van der Waals surface area (Å²) in [5.41, 5.74) is 0.287. The lowest BCUT2D eigenvalue weighted by Gasteiger charge is -2.28. The maximum atomic E-state index is 13.1. The minimum absolute atomic E-state index is 0.262. The van der Waals surface area contributed by atoms with Crippen LogP contribution in [0, 0.1) is 0 Å². The first kappa shape index (κ1) is 38.8. The minimum atomic E-state index is -1.66. The smallest absolute Gasteiger partial charge is 0.319 e. The monoisotopic (exact) mass is 771 g/mol. The fourth-order valence-electron chi connectivity index (χ4n) is 7.17. The number of amides is 6. The van der Waals surface area contributed by atoms with E-state index in [0.29, 0.717) is 78.7 Å². The van der Waals surface area contributed by atoms with Crippen molar-refractivity contribution in [3.8, 4) is 22.8 Å². The molecule has 3 heterocycles. The number of aromatic nitrogens is 1. The van der Waals surface area contributed by atoms with E-state index < -0.39 is 35.1 Å². The second-order valence-corrected chi connectivity index (χ2v) is 14.7. The van der Waals surface area contributed by atoms with Crippen LogP contribution in [0.1, 0.15) is 37.8 Å². The molecular weight excluding hydrogens is 727 g/mol. The lowest BCUT2D eigenvalue weighted by molar-refractivity contribution is -0.150. The zero-order valence-corrected chi connectivity index (χ0v) is 31.6. The molecule has 14 nitrogen and oxygen atoms in total. The Balaban J connectivity index is 0.860. The zero-order chi connectivity index (χ0) is 40.2. The zero-order valence-electron chi connectivity index (χ0n) is 31.6. The van der Waals surface area contributed by atoms with Gasteiger partial charge in [0.2, 0.25) is 5.89 Å². The van der Waals surface area contributed by atoms with Gasteiger partial charge in [-0.15, -0.1) is 0 Å². The fraction of sp³-hybridized carbons (Fsp3) is 0.279. The van der Waals surface area contributed by atoms with Crippen LogP contribution >= 0.6 is 0 Å². The minimum Gasteiger partial charge on any atom is -0.436 e. The van der Waals surface area contributed by atoms with Crippen LogP contribution in [0.5, 0.6) is 0 Å². The largest absolute Gasteiger partial charge is 0.436 e. The number of urea groups is 2. The highest BCUT2D eigenvalue weighted by atomic mass is 16.4. The topological polar surface area (TPSA) is 189 Å². The van der Waals surface area contributed by atoms with E-state index in [4.69, 9.17) is 4.42 Å². The number of rotatable bonds is 10. The second-order valence-electron chi connectivity index (χ2n) is 14.7. The summed E-state index contributed by atoms with van der Waals surface area (Å²) in [6.07, 6.45) is 2.74. The average molecular weight is 772 g/mol. The van der Waals surface area contributed by atoms with Crippen LogP contribution < -0.4 is 21.3 Å². The van der Waals surface area contributed by atoms with Crippen molar-refractivity contribution >= 4 is 35.3 Å². The molecule has 6 amide bonds. The van der Waals surface area contributed by atoms with E-state index in [2.05, 4.69) is 26.3 Å². The second kappa shape index (κ2) is 16.3. The highest BCUT2D eigenvalue weighted by Crippen LogP contribution is 2.29. The van der Waals surface area contributed by atoms with Gasteiger partial charge in [0.1, 0.15) is 0 Å². The van der Waals surface area contributed by atoms with Gasteiger partial charge >= 0.3 is 12.1 Å². The SMILES string of the molecule is CC(O)(C(=O)N1CC[C@@H](NC(=O)Nc2ccc(-c3cnc(-c4ccc(NC(=O)N[C@@H]5CCN(C(=O)C(C)(O)c6ccccc6)C5)cc4)o3)cc2)C1)c1ccccc1. The number of nitrogens with one attached hydrogen (secondary N) is 4. The van der Waals surface area contributed by atoms with Crippen molar-refractivity contribution in [1.29, 1.82) is 0 Å². The van der Waals surface area contributed by atoms with Crippen molar-refractivity contribution in [2.75, 3.05) is 36.8 Å². The van der Waals surface area contributed by atoms with E-state index in [1.807, 2.05) is 12.1 Å². The molecule has 1 aromatic heterocycles. The van der Waals surface area contributed by atoms with Crippen molar-refractivity contribution in [2.45, 2.75) is 50.0 Å². The summed E-state index contributed by atoms with van der Waals surface area (Å²) in [5, 5.41) is 33.4. The van der Waals surface area contributed by atoms with Gasteiger partial charge < -0.3 is 45.7 Å². The number of likely N-dealkylation sites (tertiary alicyclic amines) is 2. The summed E-state index contributed by atoms with van der Waals surface area (Å²) >= 11 is 0. The molecule has 294 valence electrons. The molecule has 0 radical (unpaired) electrons. The molecule has 7 rings (SSSR count). The molecule has 0 spiro atoms. The molecule has 57 heavy (non-hydrogen) atoms. The van der Waals surface area contributed by atoms with Gasteiger partial charge in [0.15, 0.2) is 17.0 Å². The summed E-state index contributed by atoms with van der Waals surface area (Å²) in [5.74, 6) is 0.108. The van der Waals surface area contributed by atoms with Crippen LogP contribution in [0.3, 0.4) is 0 Å². The molecule has 14 heteroatoms. The Morgan fingerprint density at radius 2 is 1.05 bits per heavy atom. The summed E-state index contributed by atoms with van der Waals surface area (Å²) in [6, 6.07) is 30.4. The Bertz CT molecular complexity index is 2050.